The second-order valence-electron chi connectivity index (χ2n) is 5.53. The van der Waals surface area contributed by atoms with Gasteiger partial charge in [0.05, 0.1) is 5.92 Å². The molecule has 0 heterocycles. The number of rotatable bonds is 8. The van der Waals surface area contributed by atoms with Crippen LogP contribution >= 0.6 is 0 Å². The number of nitrogens with zero attached hydrogens (tertiary/aromatic N) is 1. The molecule has 0 fully saturated rings. The summed E-state index contributed by atoms with van der Waals surface area (Å²) in [4.78, 5) is 25.1. The van der Waals surface area contributed by atoms with Crippen LogP contribution in [0.2, 0.25) is 0 Å². The summed E-state index contributed by atoms with van der Waals surface area (Å²) in [5.74, 6) is -1.37. The lowest BCUT2D eigenvalue weighted by atomic mass is 10.1. The van der Waals surface area contributed by atoms with E-state index in [9.17, 15) is 9.59 Å². The minimum Gasteiger partial charge on any atom is -0.481 e. The molecule has 1 N–H and O–H groups in total. The first-order valence-electron chi connectivity index (χ1n) is 7.51. The number of aliphatic carboxylic acids is 1. The number of benzene rings is 1. The summed E-state index contributed by atoms with van der Waals surface area (Å²) in [5.41, 5.74) is 1.13. The lowest BCUT2D eigenvalue weighted by Crippen LogP contribution is -2.42. The third-order valence-electron chi connectivity index (χ3n) is 3.81. The second-order valence-corrected chi connectivity index (χ2v) is 5.53. The Kier molecular flexibility index (Phi) is 6.92. The maximum absolute atomic E-state index is 12.4. The molecule has 4 heteroatoms. The Bertz CT molecular complexity index is 458. The van der Waals surface area contributed by atoms with Crippen LogP contribution in [-0.2, 0) is 16.0 Å². The van der Waals surface area contributed by atoms with E-state index in [1.165, 1.54) is 0 Å². The summed E-state index contributed by atoms with van der Waals surface area (Å²) in [6.07, 6.45) is 1.93. The van der Waals surface area contributed by atoms with Crippen molar-refractivity contribution in [3.05, 3.63) is 35.9 Å². The lowest BCUT2D eigenvalue weighted by Gasteiger charge is -2.30. The Morgan fingerprint density at radius 3 is 2.33 bits per heavy atom. The maximum atomic E-state index is 12.4. The van der Waals surface area contributed by atoms with Crippen LogP contribution in [0.1, 0.15) is 39.2 Å². The molecule has 0 saturated heterocycles. The van der Waals surface area contributed by atoms with Gasteiger partial charge in [0, 0.05) is 19.0 Å². The van der Waals surface area contributed by atoms with Gasteiger partial charge in [-0.15, -0.1) is 0 Å². The van der Waals surface area contributed by atoms with Gasteiger partial charge in [-0.3, -0.25) is 9.59 Å². The van der Waals surface area contributed by atoms with E-state index in [0.717, 1.165) is 12.0 Å². The third kappa shape index (κ3) is 5.58. The van der Waals surface area contributed by atoms with Crippen LogP contribution in [0.5, 0.6) is 0 Å². The van der Waals surface area contributed by atoms with Crippen LogP contribution in [0.3, 0.4) is 0 Å². The zero-order valence-electron chi connectivity index (χ0n) is 13.1. The molecule has 2 atom stereocenters. The predicted octanol–water partition coefficient (Wildman–Crippen LogP) is 2.97. The number of carbonyl (C=O) groups excluding carboxylic acids is 1. The van der Waals surface area contributed by atoms with E-state index in [1.807, 2.05) is 44.2 Å². The van der Waals surface area contributed by atoms with Gasteiger partial charge in [-0.2, -0.15) is 0 Å². The maximum Gasteiger partial charge on any atom is 0.308 e. The van der Waals surface area contributed by atoms with Crippen LogP contribution in [0.25, 0.3) is 0 Å². The van der Waals surface area contributed by atoms with Crippen molar-refractivity contribution in [3.8, 4) is 0 Å². The van der Waals surface area contributed by atoms with E-state index in [-0.39, 0.29) is 18.5 Å². The molecule has 1 aromatic rings. The van der Waals surface area contributed by atoms with Gasteiger partial charge in [0.1, 0.15) is 0 Å². The molecule has 0 spiro atoms. The largest absolute Gasteiger partial charge is 0.481 e. The quantitative estimate of drug-likeness (QED) is 0.801. The molecule has 2 unspecified atom stereocenters. The van der Waals surface area contributed by atoms with Gasteiger partial charge < -0.3 is 10.0 Å². The van der Waals surface area contributed by atoms with Crippen LogP contribution in [-0.4, -0.2) is 34.5 Å². The topological polar surface area (TPSA) is 57.6 Å². The molecule has 0 aliphatic heterocycles. The highest BCUT2D eigenvalue weighted by Crippen LogP contribution is 2.12. The molecule has 0 saturated carbocycles. The molecule has 116 valence electrons. The third-order valence-corrected chi connectivity index (χ3v) is 3.81. The summed E-state index contributed by atoms with van der Waals surface area (Å²) >= 11 is 0. The van der Waals surface area contributed by atoms with Gasteiger partial charge in [0.15, 0.2) is 0 Å². The average Bonchev–Trinajstić information content (AvgIpc) is 2.50. The van der Waals surface area contributed by atoms with E-state index in [2.05, 4.69) is 0 Å². The highest BCUT2D eigenvalue weighted by atomic mass is 16.4. The average molecular weight is 291 g/mol. The Labute approximate surface area is 126 Å². The molecule has 1 amide bonds. The van der Waals surface area contributed by atoms with Crippen molar-refractivity contribution < 1.29 is 14.7 Å². The summed E-state index contributed by atoms with van der Waals surface area (Å²) in [5, 5.41) is 9.04. The smallest absolute Gasteiger partial charge is 0.308 e. The fourth-order valence-electron chi connectivity index (χ4n) is 2.16. The molecule has 4 nitrogen and oxygen atoms in total. The van der Waals surface area contributed by atoms with E-state index in [1.54, 1.807) is 11.8 Å². The van der Waals surface area contributed by atoms with Crippen LogP contribution in [0, 0.1) is 5.92 Å². The number of carboxylic acid groups (broad SMARTS) is 1. The van der Waals surface area contributed by atoms with Crippen molar-refractivity contribution in [1.82, 2.24) is 4.90 Å². The van der Waals surface area contributed by atoms with Crippen LogP contribution in [0.4, 0.5) is 0 Å². The van der Waals surface area contributed by atoms with Crippen molar-refractivity contribution in [2.45, 2.75) is 46.1 Å². The predicted molar refractivity (Wildman–Crippen MR) is 83.0 cm³/mol. The zero-order valence-corrected chi connectivity index (χ0v) is 13.1. The molecule has 0 aromatic heterocycles. The monoisotopic (exact) mass is 291 g/mol. The number of carboxylic acids is 1. The van der Waals surface area contributed by atoms with E-state index in [4.69, 9.17) is 5.11 Å². The molecule has 0 aliphatic rings. The van der Waals surface area contributed by atoms with E-state index >= 15 is 0 Å². The standard InChI is InChI=1S/C17H25NO3/c1-4-14(3)18(12-13(2)17(20)21)16(19)11-10-15-8-6-5-7-9-15/h5-9,13-14H,4,10-12H2,1-3H3,(H,20,21). The molecule has 0 radical (unpaired) electrons. The first kappa shape index (κ1) is 17.2. The minimum atomic E-state index is -0.862. The minimum absolute atomic E-state index is 0.0290. The van der Waals surface area contributed by atoms with Crippen molar-refractivity contribution in [2.24, 2.45) is 5.92 Å². The summed E-state index contributed by atoms with van der Waals surface area (Å²) in [6, 6.07) is 9.93. The molecule has 21 heavy (non-hydrogen) atoms. The Morgan fingerprint density at radius 1 is 1.19 bits per heavy atom. The van der Waals surface area contributed by atoms with Crippen molar-refractivity contribution in [3.63, 3.8) is 0 Å². The van der Waals surface area contributed by atoms with Crippen LogP contribution < -0.4 is 0 Å². The molecule has 1 rings (SSSR count). The first-order valence-corrected chi connectivity index (χ1v) is 7.51. The Morgan fingerprint density at radius 2 is 1.81 bits per heavy atom. The molecule has 0 aliphatic carbocycles. The summed E-state index contributed by atoms with van der Waals surface area (Å²) < 4.78 is 0. The number of aryl methyl sites for hydroxylation is 1. The van der Waals surface area contributed by atoms with Gasteiger partial charge >= 0.3 is 5.97 Å². The van der Waals surface area contributed by atoms with Crippen molar-refractivity contribution in [1.29, 1.82) is 0 Å². The van der Waals surface area contributed by atoms with Gasteiger partial charge in [0.2, 0.25) is 5.91 Å². The Balaban J connectivity index is 2.65. The van der Waals surface area contributed by atoms with Gasteiger partial charge in [0.25, 0.3) is 0 Å². The fourth-order valence-corrected chi connectivity index (χ4v) is 2.16. The van der Waals surface area contributed by atoms with Crippen LogP contribution in [0.15, 0.2) is 30.3 Å². The molecular weight excluding hydrogens is 266 g/mol. The number of carbonyl (C=O) groups is 2. The highest BCUT2D eigenvalue weighted by molar-refractivity contribution is 5.78. The van der Waals surface area contributed by atoms with Gasteiger partial charge in [-0.1, -0.05) is 44.2 Å². The van der Waals surface area contributed by atoms with Gasteiger partial charge in [-0.05, 0) is 25.3 Å². The normalized spacial score (nSPS) is 13.5. The van der Waals surface area contributed by atoms with E-state index < -0.39 is 11.9 Å². The lowest BCUT2D eigenvalue weighted by molar-refractivity contribution is -0.143. The van der Waals surface area contributed by atoms with Gasteiger partial charge in [-0.25, -0.2) is 0 Å². The highest BCUT2D eigenvalue weighted by Gasteiger charge is 2.23. The first-order chi connectivity index (χ1) is 9.95. The van der Waals surface area contributed by atoms with E-state index in [0.29, 0.717) is 12.8 Å². The van der Waals surface area contributed by atoms with Crippen molar-refractivity contribution in [2.75, 3.05) is 6.54 Å². The second kappa shape index (κ2) is 8.45. The SMILES string of the molecule is CCC(C)N(CC(C)C(=O)O)C(=O)CCc1ccccc1. The number of amides is 1. The number of hydrogen-bond acceptors (Lipinski definition) is 2. The zero-order chi connectivity index (χ0) is 15.8. The van der Waals surface area contributed by atoms with Crippen molar-refractivity contribution >= 4 is 11.9 Å². The molecular formula is C17H25NO3. The molecule has 0 bridgehead atoms. The summed E-state index contributed by atoms with van der Waals surface area (Å²) in [7, 11) is 0. The summed E-state index contributed by atoms with van der Waals surface area (Å²) in [6.45, 7) is 5.89. The molecule has 1 aromatic carbocycles. The Hall–Kier alpha value is -1.84. The fraction of sp³-hybridized carbons (Fsp3) is 0.529. The number of hydrogen-bond donors (Lipinski definition) is 1.